The molecular formula is C12H20N2OS. The zero-order chi connectivity index (χ0) is 11.6. The van der Waals surface area contributed by atoms with E-state index in [4.69, 9.17) is 6.42 Å². The molecule has 4 heteroatoms. The van der Waals surface area contributed by atoms with Crippen molar-refractivity contribution in [3.8, 4) is 12.3 Å². The molecule has 0 aliphatic carbocycles. The maximum atomic E-state index is 11.6. The van der Waals surface area contributed by atoms with Crippen molar-refractivity contribution in [3.05, 3.63) is 0 Å². The molecule has 1 saturated heterocycles. The van der Waals surface area contributed by atoms with Crippen molar-refractivity contribution in [2.45, 2.75) is 19.3 Å². The van der Waals surface area contributed by atoms with Crippen LogP contribution in [0.2, 0.25) is 0 Å². The number of nitrogens with one attached hydrogen (secondary N) is 2. The molecule has 0 unspecified atom stereocenters. The molecule has 1 heterocycles. The lowest BCUT2D eigenvalue weighted by atomic mass is 9.94. The molecule has 1 amide bonds. The van der Waals surface area contributed by atoms with Crippen LogP contribution in [0.3, 0.4) is 0 Å². The number of carbonyl (C=O) groups is 1. The summed E-state index contributed by atoms with van der Waals surface area (Å²) in [7, 11) is 0. The van der Waals surface area contributed by atoms with E-state index in [1.165, 1.54) is 0 Å². The van der Waals surface area contributed by atoms with Gasteiger partial charge in [0.2, 0.25) is 5.91 Å². The molecule has 0 atom stereocenters. The number of carbonyl (C=O) groups excluding carboxylic acids is 1. The molecular weight excluding hydrogens is 220 g/mol. The molecule has 90 valence electrons. The maximum Gasteiger partial charge on any atom is 0.220 e. The predicted octanol–water partition coefficient (Wildman–Crippen LogP) is 0.859. The maximum absolute atomic E-state index is 11.6. The van der Waals surface area contributed by atoms with Gasteiger partial charge >= 0.3 is 0 Å². The Bertz CT molecular complexity index is 244. The van der Waals surface area contributed by atoms with Crippen LogP contribution in [-0.4, -0.2) is 37.0 Å². The van der Waals surface area contributed by atoms with Gasteiger partial charge < -0.3 is 10.6 Å². The second-order valence-electron chi connectivity index (χ2n) is 4.00. The number of piperidine rings is 1. The van der Waals surface area contributed by atoms with E-state index in [0.717, 1.165) is 44.0 Å². The van der Waals surface area contributed by atoms with Gasteiger partial charge in [-0.05, 0) is 31.8 Å². The van der Waals surface area contributed by atoms with Crippen molar-refractivity contribution in [2.24, 2.45) is 5.92 Å². The van der Waals surface area contributed by atoms with Crippen molar-refractivity contribution in [2.75, 3.05) is 31.1 Å². The van der Waals surface area contributed by atoms with Crippen LogP contribution in [0.5, 0.6) is 0 Å². The summed E-state index contributed by atoms with van der Waals surface area (Å²) in [5, 5.41) is 6.24. The Labute approximate surface area is 102 Å². The quantitative estimate of drug-likeness (QED) is 0.534. The van der Waals surface area contributed by atoms with Gasteiger partial charge in [-0.15, -0.1) is 18.2 Å². The lowest BCUT2D eigenvalue weighted by Gasteiger charge is -2.21. The number of rotatable bonds is 6. The first-order chi connectivity index (χ1) is 7.83. The summed E-state index contributed by atoms with van der Waals surface area (Å²) in [5.74, 6) is 4.95. The average Bonchev–Trinajstić information content (AvgIpc) is 2.30. The molecule has 0 bridgehead atoms. The molecule has 3 nitrogen and oxygen atoms in total. The van der Waals surface area contributed by atoms with Gasteiger partial charge in [-0.3, -0.25) is 4.79 Å². The van der Waals surface area contributed by atoms with Crippen molar-refractivity contribution in [3.63, 3.8) is 0 Å². The van der Waals surface area contributed by atoms with Crippen LogP contribution in [0.25, 0.3) is 0 Å². The molecule has 0 radical (unpaired) electrons. The minimum atomic E-state index is 0.188. The summed E-state index contributed by atoms with van der Waals surface area (Å²) < 4.78 is 0. The highest BCUT2D eigenvalue weighted by atomic mass is 32.2. The molecule has 0 aromatic carbocycles. The van der Waals surface area contributed by atoms with Gasteiger partial charge in [-0.25, -0.2) is 0 Å². The molecule has 0 aromatic rings. The third-order valence-corrected chi connectivity index (χ3v) is 3.55. The van der Waals surface area contributed by atoms with E-state index in [2.05, 4.69) is 16.6 Å². The standard InChI is InChI=1S/C12H20N2OS/c1-2-8-16-9-7-14-12(15)10-11-3-5-13-6-4-11/h1,11,13H,3-10H2,(H,14,15). The molecule has 16 heavy (non-hydrogen) atoms. The Morgan fingerprint density at radius 3 is 2.94 bits per heavy atom. The molecule has 1 rings (SSSR count). The summed E-state index contributed by atoms with van der Waals surface area (Å²) in [6.07, 6.45) is 8.06. The normalized spacial score (nSPS) is 16.7. The number of thioether (sulfide) groups is 1. The van der Waals surface area contributed by atoms with Crippen molar-refractivity contribution in [1.82, 2.24) is 10.6 Å². The van der Waals surface area contributed by atoms with Gasteiger partial charge in [0.25, 0.3) is 0 Å². The van der Waals surface area contributed by atoms with Crippen LogP contribution < -0.4 is 10.6 Å². The zero-order valence-corrected chi connectivity index (χ0v) is 10.4. The van der Waals surface area contributed by atoms with Crippen LogP contribution in [-0.2, 0) is 4.79 Å². The van der Waals surface area contributed by atoms with E-state index in [1.807, 2.05) is 0 Å². The second kappa shape index (κ2) is 8.49. The van der Waals surface area contributed by atoms with Crippen LogP contribution in [0.15, 0.2) is 0 Å². The Morgan fingerprint density at radius 2 is 2.25 bits per heavy atom. The number of terminal acetylenes is 1. The fraction of sp³-hybridized carbons (Fsp3) is 0.750. The summed E-state index contributed by atoms with van der Waals surface area (Å²) >= 11 is 1.68. The summed E-state index contributed by atoms with van der Waals surface area (Å²) in [4.78, 5) is 11.6. The molecule has 2 N–H and O–H groups in total. The third-order valence-electron chi connectivity index (χ3n) is 2.69. The van der Waals surface area contributed by atoms with Gasteiger partial charge in [0.15, 0.2) is 0 Å². The fourth-order valence-corrected chi connectivity index (χ4v) is 2.32. The Morgan fingerprint density at radius 1 is 1.50 bits per heavy atom. The monoisotopic (exact) mass is 240 g/mol. The smallest absolute Gasteiger partial charge is 0.220 e. The topological polar surface area (TPSA) is 41.1 Å². The van der Waals surface area contributed by atoms with Gasteiger partial charge in [0.05, 0.1) is 5.75 Å². The van der Waals surface area contributed by atoms with Crippen molar-refractivity contribution in [1.29, 1.82) is 0 Å². The first kappa shape index (κ1) is 13.4. The van der Waals surface area contributed by atoms with Gasteiger partial charge in [0.1, 0.15) is 0 Å². The van der Waals surface area contributed by atoms with Crippen LogP contribution >= 0.6 is 11.8 Å². The van der Waals surface area contributed by atoms with E-state index in [9.17, 15) is 4.79 Å². The first-order valence-electron chi connectivity index (χ1n) is 5.81. The molecule has 1 fully saturated rings. The lowest BCUT2D eigenvalue weighted by molar-refractivity contribution is -0.122. The highest BCUT2D eigenvalue weighted by Gasteiger charge is 2.16. The SMILES string of the molecule is C#CCSCCNC(=O)CC1CCNCC1. The molecule has 1 aliphatic rings. The fourth-order valence-electron chi connectivity index (χ4n) is 1.81. The Balaban J connectivity index is 1.99. The zero-order valence-electron chi connectivity index (χ0n) is 9.63. The summed E-state index contributed by atoms with van der Waals surface area (Å²) in [5.41, 5.74) is 0. The van der Waals surface area contributed by atoms with E-state index in [0.29, 0.717) is 12.3 Å². The Hall–Kier alpha value is -0.660. The van der Waals surface area contributed by atoms with Crippen molar-refractivity contribution >= 4 is 17.7 Å². The number of hydrogen-bond acceptors (Lipinski definition) is 3. The predicted molar refractivity (Wildman–Crippen MR) is 69.4 cm³/mol. The Kier molecular flexibility index (Phi) is 7.11. The largest absolute Gasteiger partial charge is 0.355 e. The third kappa shape index (κ3) is 6.04. The summed E-state index contributed by atoms with van der Waals surface area (Å²) in [6.45, 7) is 2.84. The summed E-state index contributed by atoms with van der Waals surface area (Å²) in [6, 6.07) is 0. The van der Waals surface area contributed by atoms with Crippen LogP contribution in [0.4, 0.5) is 0 Å². The highest BCUT2D eigenvalue weighted by molar-refractivity contribution is 7.99. The minimum absolute atomic E-state index is 0.188. The number of hydrogen-bond donors (Lipinski definition) is 2. The van der Waals surface area contributed by atoms with E-state index < -0.39 is 0 Å². The minimum Gasteiger partial charge on any atom is -0.355 e. The van der Waals surface area contributed by atoms with E-state index >= 15 is 0 Å². The van der Waals surface area contributed by atoms with Crippen molar-refractivity contribution < 1.29 is 4.79 Å². The van der Waals surface area contributed by atoms with E-state index in [-0.39, 0.29) is 5.91 Å². The van der Waals surface area contributed by atoms with Crippen LogP contribution in [0, 0.1) is 18.3 Å². The highest BCUT2D eigenvalue weighted by Crippen LogP contribution is 2.15. The lowest BCUT2D eigenvalue weighted by Crippen LogP contribution is -2.33. The van der Waals surface area contributed by atoms with Gasteiger partial charge in [-0.2, -0.15) is 0 Å². The molecule has 0 spiro atoms. The average molecular weight is 240 g/mol. The van der Waals surface area contributed by atoms with Gasteiger partial charge in [0, 0.05) is 18.7 Å². The number of amides is 1. The second-order valence-corrected chi connectivity index (χ2v) is 5.11. The molecule has 1 aliphatic heterocycles. The first-order valence-corrected chi connectivity index (χ1v) is 6.97. The molecule has 0 saturated carbocycles. The van der Waals surface area contributed by atoms with Crippen LogP contribution in [0.1, 0.15) is 19.3 Å². The molecule has 0 aromatic heterocycles. The van der Waals surface area contributed by atoms with E-state index in [1.54, 1.807) is 11.8 Å². The van der Waals surface area contributed by atoms with Gasteiger partial charge in [-0.1, -0.05) is 5.92 Å².